The van der Waals surface area contributed by atoms with Crippen molar-refractivity contribution in [1.82, 2.24) is 15.0 Å². The molecule has 4 atom stereocenters. The van der Waals surface area contributed by atoms with Crippen LogP contribution in [-0.4, -0.2) is 59.6 Å². The Morgan fingerprint density at radius 1 is 1.19 bits per heavy atom. The number of carbonyl (C=O) groups is 2. The number of carbonyl (C=O) groups excluding carboxylic acids is 2. The Labute approximate surface area is 252 Å². The molecule has 0 bridgehead atoms. The van der Waals surface area contributed by atoms with Crippen molar-refractivity contribution in [2.75, 3.05) is 23.0 Å². The first-order chi connectivity index (χ1) is 20.6. The lowest BCUT2D eigenvalue weighted by Gasteiger charge is -2.32. The maximum Gasteiger partial charge on any atom is 0.264 e. The predicted molar refractivity (Wildman–Crippen MR) is 164 cm³/mol. The average Bonchev–Trinajstić information content (AvgIpc) is 3.62. The van der Waals surface area contributed by atoms with E-state index in [-0.39, 0.29) is 25.0 Å². The Balaban J connectivity index is 1.42. The Morgan fingerprint density at radius 3 is 2.72 bits per heavy atom. The van der Waals surface area contributed by atoms with Crippen LogP contribution in [0.4, 0.5) is 21.2 Å². The minimum atomic E-state index is -3.34. The van der Waals surface area contributed by atoms with E-state index >= 15 is 4.11 Å². The number of aryl methyl sites for hydroxylation is 2. The molecule has 3 aliphatic heterocycles. The molecule has 6 rings (SSSR count). The molecule has 1 saturated heterocycles. The number of hydrogen-bond donors (Lipinski definition) is 1. The average molecular weight is 604 g/mol. The second-order valence-electron chi connectivity index (χ2n) is 12.3. The zero-order chi connectivity index (χ0) is 30.5. The van der Waals surface area contributed by atoms with Gasteiger partial charge in [-0.1, -0.05) is 36.4 Å². The Morgan fingerprint density at radius 2 is 1.98 bits per heavy atom. The highest BCUT2D eigenvalue weighted by atomic mass is 28.4. The summed E-state index contributed by atoms with van der Waals surface area (Å²) in [6.45, 7) is 9.86. The van der Waals surface area contributed by atoms with Crippen LogP contribution < -0.4 is 9.80 Å². The van der Waals surface area contributed by atoms with E-state index in [2.05, 4.69) is 16.9 Å². The van der Waals surface area contributed by atoms with E-state index in [9.17, 15) is 14.7 Å². The predicted octanol–water partition coefficient (Wildman–Crippen LogP) is 4.82. The van der Waals surface area contributed by atoms with Gasteiger partial charge in [-0.05, 0) is 55.8 Å². The van der Waals surface area contributed by atoms with E-state index in [1.807, 2.05) is 49.4 Å². The lowest BCUT2D eigenvalue weighted by Crippen LogP contribution is -2.45. The first-order valence-electron chi connectivity index (χ1n) is 14.9. The molecule has 1 fully saturated rings. The second-order valence-corrected chi connectivity index (χ2v) is 16.1. The van der Waals surface area contributed by atoms with Crippen molar-refractivity contribution in [3.8, 4) is 0 Å². The number of amides is 2. The van der Waals surface area contributed by atoms with Gasteiger partial charge in [0.05, 0.1) is 23.2 Å². The minimum Gasteiger partial charge on any atom is -0.396 e. The molecular weight excluding hydrogens is 565 g/mol. The number of ether oxygens (including phenoxy) is 1. The summed E-state index contributed by atoms with van der Waals surface area (Å²) in [5.41, 5.74) is 2.76. The van der Waals surface area contributed by atoms with Crippen LogP contribution in [0.3, 0.4) is 0 Å². The number of aliphatic hydroxyl groups is 1. The SMILES string of the molecule is C=CCN1C(=O)[C@]2(O[C@H](CCn3cc(CCO)nn3)[C@@H]([Si](C)(C)F)[C@@H]2C)c2cc(N3C(=O)CCc4ccccc43)ccc21. The molecule has 2 aromatic carbocycles. The summed E-state index contributed by atoms with van der Waals surface area (Å²) < 4.78 is 24.7. The molecule has 1 spiro atoms. The summed E-state index contributed by atoms with van der Waals surface area (Å²) in [7, 11) is -3.34. The van der Waals surface area contributed by atoms with E-state index < -0.39 is 31.6 Å². The summed E-state index contributed by atoms with van der Waals surface area (Å²) in [6, 6.07) is 13.5. The second kappa shape index (κ2) is 11.1. The highest BCUT2D eigenvalue weighted by molar-refractivity contribution is 6.72. The fourth-order valence-corrected chi connectivity index (χ4v) is 9.94. The van der Waals surface area contributed by atoms with E-state index in [1.165, 1.54) is 0 Å². The number of fused-ring (bicyclic) bond motifs is 3. The first-order valence-corrected chi connectivity index (χ1v) is 17.9. The number of nitrogens with zero attached hydrogens (tertiary/aromatic N) is 5. The van der Waals surface area contributed by atoms with Crippen LogP contribution in [0.15, 0.2) is 61.3 Å². The third-order valence-corrected chi connectivity index (χ3v) is 11.7. The van der Waals surface area contributed by atoms with Crippen molar-refractivity contribution in [1.29, 1.82) is 0 Å². The molecule has 0 unspecified atom stereocenters. The van der Waals surface area contributed by atoms with Crippen LogP contribution in [0.25, 0.3) is 0 Å². The Hall–Kier alpha value is -3.67. The Kier molecular flexibility index (Phi) is 7.60. The highest BCUT2D eigenvalue weighted by Crippen LogP contribution is 2.60. The maximum absolute atomic E-state index is 16.2. The summed E-state index contributed by atoms with van der Waals surface area (Å²) in [4.78, 5) is 31.1. The summed E-state index contributed by atoms with van der Waals surface area (Å²) >= 11 is 0. The van der Waals surface area contributed by atoms with Gasteiger partial charge >= 0.3 is 0 Å². The van der Waals surface area contributed by atoms with E-state index in [0.29, 0.717) is 54.9 Å². The lowest BCUT2D eigenvalue weighted by atomic mass is 9.82. The van der Waals surface area contributed by atoms with Crippen LogP contribution in [0, 0.1) is 5.92 Å². The zero-order valence-corrected chi connectivity index (χ0v) is 25.9. The molecule has 0 aliphatic carbocycles. The molecule has 0 radical (unpaired) electrons. The van der Waals surface area contributed by atoms with Gasteiger partial charge in [0.2, 0.25) is 14.3 Å². The third kappa shape index (κ3) is 4.83. The van der Waals surface area contributed by atoms with Crippen LogP contribution >= 0.6 is 0 Å². The van der Waals surface area contributed by atoms with Crippen LogP contribution in [-0.2, 0) is 39.3 Å². The number of para-hydroxylation sites is 1. The van der Waals surface area contributed by atoms with Gasteiger partial charge in [0.15, 0.2) is 5.60 Å². The maximum atomic E-state index is 16.2. The summed E-state index contributed by atoms with van der Waals surface area (Å²) in [6.07, 6.45) is 4.84. The number of hydrogen-bond acceptors (Lipinski definition) is 6. The van der Waals surface area contributed by atoms with Crippen molar-refractivity contribution in [2.45, 2.75) is 69.5 Å². The molecule has 9 nitrogen and oxygen atoms in total. The van der Waals surface area contributed by atoms with Gasteiger partial charge in [-0.15, -0.1) is 11.7 Å². The molecular formula is C32H38FN5O4Si. The van der Waals surface area contributed by atoms with Gasteiger partial charge in [0, 0.05) is 61.4 Å². The van der Waals surface area contributed by atoms with Gasteiger partial charge in [0.1, 0.15) is 0 Å². The third-order valence-electron chi connectivity index (χ3n) is 9.20. The number of halogens is 1. The Bertz CT molecular complexity index is 1570. The molecule has 43 heavy (non-hydrogen) atoms. The first kappa shape index (κ1) is 29.4. The fraction of sp³-hybridized carbons (Fsp3) is 0.438. The molecule has 1 aromatic heterocycles. The minimum absolute atomic E-state index is 0.0122. The van der Waals surface area contributed by atoms with Crippen molar-refractivity contribution in [3.05, 3.63) is 78.1 Å². The number of benzene rings is 2. The number of aliphatic hydroxyl groups excluding tert-OH is 1. The number of anilines is 3. The van der Waals surface area contributed by atoms with Gasteiger partial charge in [-0.2, -0.15) is 0 Å². The largest absolute Gasteiger partial charge is 0.396 e. The normalized spacial score (nSPS) is 25.0. The summed E-state index contributed by atoms with van der Waals surface area (Å²) in [5, 5.41) is 17.5. The molecule has 226 valence electrons. The fourth-order valence-electron chi connectivity index (χ4n) is 7.40. The molecule has 1 N–H and O–H groups in total. The molecule has 2 amide bonds. The topological polar surface area (TPSA) is 101 Å². The number of rotatable bonds is 9. The van der Waals surface area contributed by atoms with Gasteiger partial charge in [0.25, 0.3) is 5.91 Å². The van der Waals surface area contributed by atoms with Crippen molar-refractivity contribution < 1.29 is 23.5 Å². The number of aromatic nitrogens is 3. The van der Waals surface area contributed by atoms with Crippen LogP contribution in [0.5, 0.6) is 0 Å². The molecule has 11 heteroatoms. The van der Waals surface area contributed by atoms with Gasteiger partial charge in [-0.25, -0.2) is 0 Å². The lowest BCUT2D eigenvalue weighted by molar-refractivity contribution is -0.145. The highest BCUT2D eigenvalue weighted by Gasteiger charge is 2.66. The molecule has 0 saturated carbocycles. The van der Waals surface area contributed by atoms with Crippen molar-refractivity contribution >= 4 is 37.3 Å². The molecule has 4 heterocycles. The van der Waals surface area contributed by atoms with Crippen molar-refractivity contribution in [2.24, 2.45) is 5.92 Å². The van der Waals surface area contributed by atoms with E-state index in [4.69, 9.17) is 4.74 Å². The van der Waals surface area contributed by atoms with E-state index in [0.717, 1.165) is 11.3 Å². The standard InChI is InChI=1S/C32H38FN5O4Si/c1-5-16-37-27-12-11-24(38-26-9-7-6-8-22(26)10-13-29(38)40)19-25(27)32(31(37)41)21(2)30(43(3,4)33)28(42-32)14-17-36-20-23(15-18-39)34-35-36/h5-9,11-12,19-21,28,30,39H,1,10,13-18H2,2-4H3/t21-,28+,30-,32+/m0/s1. The zero-order valence-electron chi connectivity index (χ0n) is 24.9. The van der Waals surface area contributed by atoms with Crippen LogP contribution in [0.2, 0.25) is 18.6 Å². The quantitative estimate of drug-likeness (QED) is 0.214. The van der Waals surface area contributed by atoms with Gasteiger partial charge in [-0.3, -0.25) is 19.2 Å². The monoisotopic (exact) mass is 603 g/mol. The van der Waals surface area contributed by atoms with Crippen molar-refractivity contribution in [3.63, 3.8) is 0 Å². The molecule has 3 aromatic rings. The summed E-state index contributed by atoms with van der Waals surface area (Å²) in [5.74, 6) is -0.693. The van der Waals surface area contributed by atoms with E-state index in [1.54, 1.807) is 39.8 Å². The van der Waals surface area contributed by atoms with Crippen LogP contribution in [0.1, 0.15) is 36.6 Å². The molecule has 3 aliphatic rings. The van der Waals surface area contributed by atoms with Gasteiger partial charge < -0.3 is 18.9 Å². The smallest absolute Gasteiger partial charge is 0.264 e.